The van der Waals surface area contributed by atoms with Crippen LogP contribution < -0.4 is 0 Å². The van der Waals surface area contributed by atoms with Crippen LogP contribution >= 0.6 is 0 Å². The lowest BCUT2D eigenvalue weighted by atomic mass is 9.84. The van der Waals surface area contributed by atoms with E-state index in [0.717, 1.165) is 31.3 Å². The first kappa shape index (κ1) is 18.0. The Morgan fingerprint density at radius 1 is 1.32 bits per heavy atom. The number of ether oxygens (including phenoxy) is 1. The first-order valence-electron chi connectivity index (χ1n) is 7.81. The van der Waals surface area contributed by atoms with Crippen LogP contribution in [0.3, 0.4) is 0 Å². The van der Waals surface area contributed by atoms with E-state index in [-0.39, 0.29) is 0 Å². The quantitative estimate of drug-likeness (QED) is 0.385. The van der Waals surface area contributed by atoms with Crippen LogP contribution in [0.15, 0.2) is 42.5 Å². The van der Waals surface area contributed by atoms with Crippen molar-refractivity contribution in [2.75, 3.05) is 6.61 Å². The summed E-state index contributed by atoms with van der Waals surface area (Å²) in [7, 11) is 0. The third-order valence-corrected chi connectivity index (χ3v) is 3.66. The molecule has 0 bridgehead atoms. The van der Waals surface area contributed by atoms with E-state index in [4.69, 9.17) is 4.74 Å². The topological polar surface area (TPSA) is 50.1 Å². The van der Waals surface area contributed by atoms with Gasteiger partial charge in [-0.2, -0.15) is 5.26 Å². The van der Waals surface area contributed by atoms with E-state index >= 15 is 0 Å². The molecule has 0 saturated heterocycles. The fourth-order valence-electron chi connectivity index (χ4n) is 2.38. The highest BCUT2D eigenvalue weighted by atomic mass is 16.5. The Bertz CT molecular complexity index is 530. The zero-order valence-electron chi connectivity index (χ0n) is 13.6. The summed E-state index contributed by atoms with van der Waals surface area (Å²) < 4.78 is 4.98. The number of carbonyl (C=O) groups excluding carboxylic acids is 1. The number of hydrogen-bond donors (Lipinski definition) is 0. The molecule has 0 amide bonds. The molecular formula is C19H25NO2. The van der Waals surface area contributed by atoms with Gasteiger partial charge in [-0.3, -0.25) is 4.79 Å². The first-order valence-corrected chi connectivity index (χ1v) is 7.81. The van der Waals surface area contributed by atoms with Crippen molar-refractivity contribution in [2.24, 2.45) is 5.41 Å². The van der Waals surface area contributed by atoms with Crippen LogP contribution in [0.4, 0.5) is 0 Å². The van der Waals surface area contributed by atoms with Gasteiger partial charge in [-0.25, -0.2) is 0 Å². The number of nitrogens with zero attached hydrogens (tertiary/aromatic N) is 1. The zero-order chi connectivity index (χ0) is 16.4. The van der Waals surface area contributed by atoms with Gasteiger partial charge in [0.15, 0.2) is 5.41 Å². The molecule has 0 spiro atoms. The summed E-state index contributed by atoms with van der Waals surface area (Å²) in [5, 5.41) is 9.26. The molecule has 1 unspecified atom stereocenters. The van der Waals surface area contributed by atoms with Crippen LogP contribution in [-0.4, -0.2) is 12.6 Å². The SMILES string of the molecule is C=C(CCCCc1ccccc1)CC(C)(C#N)C(=O)OCC. The van der Waals surface area contributed by atoms with E-state index in [1.807, 2.05) is 18.2 Å². The van der Waals surface area contributed by atoms with Gasteiger partial charge in [-0.1, -0.05) is 42.5 Å². The van der Waals surface area contributed by atoms with Crippen LogP contribution in [0.1, 0.15) is 45.1 Å². The van der Waals surface area contributed by atoms with E-state index < -0.39 is 11.4 Å². The molecule has 0 heterocycles. The molecule has 3 nitrogen and oxygen atoms in total. The average Bonchev–Trinajstić information content (AvgIpc) is 2.52. The van der Waals surface area contributed by atoms with Crippen molar-refractivity contribution < 1.29 is 9.53 Å². The molecule has 1 aromatic carbocycles. The monoisotopic (exact) mass is 299 g/mol. The van der Waals surface area contributed by atoms with Crippen molar-refractivity contribution in [1.29, 1.82) is 5.26 Å². The number of benzene rings is 1. The molecular weight excluding hydrogens is 274 g/mol. The number of rotatable bonds is 9. The third kappa shape index (κ3) is 5.73. The van der Waals surface area contributed by atoms with Gasteiger partial charge in [-0.15, -0.1) is 0 Å². The number of nitriles is 1. The Hall–Kier alpha value is -2.08. The number of esters is 1. The zero-order valence-corrected chi connectivity index (χ0v) is 13.6. The van der Waals surface area contributed by atoms with Gasteiger partial charge >= 0.3 is 5.97 Å². The lowest BCUT2D eigenvalue weighted by molar-refractivity contribution is -0.151. The van der Waals surface area contributed by atoms with Gasteiger partial charge in [0.1, 0.15) is 0 Å². The molecule has 1 rings (SSSR count). The molecule has 0 aliphatic rings. The molecule has 0 fully saturated rings. The van der Waals surface area contributed by atoms with Crippen molar-refractivity contribution in [3.05, 3.63) is 48.0 Å². The largest absolute Gasteiger partial charge is 0.465 e. The molecule has 1 atom stereocenters. The van der Waals surface area contributed by atoms with Crippen molar-refractivity contribution in [3.63, 3.8) is 0 Å². The third-order valence-electron chi connectivity index (χ3n) is 3.66. The Morgan fingerprint density at radius 3 is 2.59 bits per heavy atom. The van der Waals surface area contributed by atoms with Crippen LogP contribution in [0, 0.1) is 16.7 Å². The summed E-state index contributed by atoms with van der Waals surface area (Å²) in [6, 6.07) is 12.4. The normalized spacial score (nSPS) is 13.0. The predicted octanol–water partition coefficient (Wildman–Crippen LogP) is 4.44. The summed E-state index contributed by atoms with van der Waals surface area (Å²) in [6.45, 7) is 7.68. The van der Waals surface area contributed by atoms with Gasteiger partial charge < -0.3 is 4.74 Å². The van der Waals surface area contributed by atoms with Crippen molar-refractivity contribution in [1.82, 2.24) is 0 Å². The van der Waals surface area contributed by atoms with Crippen LogP contribution in [0.25, 0.3) is 0 Å². The van der Waals surface area contributed by atoms with Crippen molar-refractivity contribution >= 4 is 5.97 Å². The minimum Gasteiger partial charge on any atom is -0.465 e. The van der Waals surface area contributed by atoms with Gasteiger partial charge in [0.25, 0.3) is 0 Å². The predicted molar refractivity (Wildman–Crippen MR) is 88.1 cm³/mol. The van der Waals surface area contributed by atoms with E-state index in [2.05, 4.69) is 24.8 Å². The molecule has 0 aromatic heterocycles. The van der Waals surface area contributed by atoms with Crippen LogP contribution in [0.2, 0.25) is 0 Å². The molecule has 0 radical (unpaired) electrons. The maximum atomic E-state index is 11.9. The smallest absolute Gasteiger partial charge is 0.326 e. The minimum atomic E-state index is -1.12. The number of unbranched alkanes of at least 4 members (excludes halogenated alkanes) is 1. The fourth-order valence-corrected chi connectivity index (χ4v) is 2.38. The van der Waals surface area contributed by atoms with E-state index in [1.54, 1.807) is 13.8 Å². The van der Waals surface area contributed by atoms with E-state index in [0.29, 0.717) is 13.0 Å². The molecule has 0 aliphatic heterocycles. The average molecular weight is 299 g/mol. The maximum Gasteiger partial charge on any atom is 0.326 e. The second kappa shape index (κ2) is 9.04. The van der Waals surface area contributed by atoms with Crippen LogP contribution in [0.5, 0.6) is 0 Å². The summed E-state index contributed by atoms with van der Waals surface area (Å²) in [5.74, 6) is -0.456. The van der Waals surface area contributed by atoms with E-state index in [1.165, 1.54) is 5.56 Å². The Kier molecular flexibility index (Phi) is 7.39. The number of carbonyl (C=O) groups is 1. The lowest BCUT2D eigenvalue weighted by Gasteiger charge is -2.20. The number of hydrogen-bond acceptors (Lipinski definition) is 3. The van der Waals surface area contributed by atoms with Crippen molar-refractivity contribution in [3.8, 4) is 6.07 Å². The summed E-state index contributed by atoms with van der Waals surface area (Å²) in [4.78, 5) is 11.9. The molecule has 0 aliphatic carbocycles. The second-order valence-electron chi connectivity index (χ2n) is 5.78. The van der Waals surface area contributed by atoms with Gasteiger partial charge in [0.05, 0.1) is 12.7 Å². The van der Waals surface area contributed by atoms with Crippen molar-refractivity contribution in [2.45, 2.75) is 46.0 Å². The molecule has 22 heavy (non-hydrogen) atoms. The van der Waals surface area contributed by atoms with Crippen LogP contribution in [-0.2, 0) is 16.0 Å². The summed E-state index contributed by atoms with van der Waals surface area (Å²) >= 11 is 0. The standard InChI is InChI=1S/C19H25NO2/c1-4-22-18(21)19(3,15-20)14-16(2)10-8-9-13-17-11-6-5-7-12-17/h5-7,11-12H,2,4,8-10,13-14H2,1,3H3. The second-order valence-corrected chi connectivity index (χ2v) is 5.78. The number of allylic oxidation sites excluding steroid dienone is 1. The highest BCUT2D eigenvalue weighted by Crippen LogP contribution is 2.28. The Balaban J connectivity index is 2.36. The molecule has 3 heteroatoms. The molecule has 0 N–H and O–H groups in total. The summed E-state index contributed by atoms with van der Waals surface area (Å²) in [6.07, 6.45) is 4.34. The highest BCUT2D eigenvalue weighted by Gasteiger charge is 2.35. The molecule has 0 saturated carbocycles. The Labute approximate surface area is 133 Å². The van der Waals surface area contributed by atoms with Gasteiger partial charge in [0.2, 0.25) is 0 Å². The fraction of sp³-hybridized carbons (Fsp3) is 0.474. The van der Waals surface area contributed by atoms with Gasteiger partial charge in [0, 0.05) is 0 Å². The molecule has 118 valence electrons. The number of aryl methyl sites for hydroxylation is 1. The maximum absolute atomic E-state index is 11.9. The molecule has 1 aromatic rings. The van der Waals surface area contributed by atoms with E-state index in [9.17, 15) is 10.1 Å². The minimum absolute atomic E-state index is 0.291. The lowest BCUT2D eigenvalue weighted by Crippen LogP contribution is -2.28. The summed E-state index contributed by atoms with van der Waals surface area (Å²) in [5.41, 5.74) is 1.15. The first-order chi connectivity index (χ1) is 10.5. The Morgan fingerprint density at radius 2 is 2.00 bits per heavy atom. The highest BCUT2D eigenvalue weighted by molar-refractivity contribution is 5.79. The van der Waals surface area contributed by atoms with Gasteiger partial charge in [-0.05, 0) is 51.5 Å².